The number of benzene rings is 1. The number of halogens is 1. The minimum atomic E-state index is -0.206. The lowest BCUT2D eigenvalue weighted by atomic mass is 10.0. The van der Waals surface area contributed by atoms with Crippen molar-refractivity contribution in [2.75, 3.05) is 12.3 Å². The summed E-state index contributed by atoms with van der Waals surface area (Å²) in [6.45, 7) is 3.50. The van der Waals surface area contributed by atoms with Crippen molar-refractivity contribution < 1.29 is 4.74 Å². The van der Waals surface area contributed by atoms with Gasteiger partial charge in [-0.15, -0.1) is 5.10 Å². The van der Waals surface area contributed by atoms with Crippen LogP contribution in [0.2, 0.25) is 5.02 Å². The number of tetrazole rings is 1. The molecule has 2 N–H and O–H groups in total. The fraction of sp³-hybridized carbons (Fsp3) is 0.462. The molecule has 1 saturated heterocycles. The van der Waals surface area contributed by atoms with Crippen molar-refractivity contribution in [3.05, 3.63) is 23.2 Å². The van der Waals surface area contributed by atoms with Crippen molar-refractivity contribution in [2.45, 2.75) is 31.9 Å². The number of hydrogen-bond donors (Lipinski definition) is 1. The summed E-state index contributed by atoms with van der Waals surface area (Å²) in [6, 6.07) is 5.39. The van der Waals surface area contributed by atoms with E-state index in [2.05, 4.69) is 22.4 Å². The van der Waals surface area contributed by atoms with Crippen LogP contribution < -0.4 is 5.73 Å². The van der Waals surface area contributed by atoms with Gasteiger partial charge in [-0.05, 0) is 48.4 Å². The molecule has 1 fully saturated rings. The standard InChI is InChI=1S/C13H16ClN5O/c1-13(5-2-6-20-13)8-19-12(16-17-18-19)9-3-4-10(14)11(15)7-9/h3-4,7H,2,5-6,8,15H2,1H3. The first-order valence-corrected chi connectivity index (χ1v) is 6.91. The fourth-order valence-electron chi connectivity index (χ4n) is 2.48. The van der Waals surface area contributed by atoms with Crippen LogP contribution in [0.3, 0.4) is 0 Å². The van der Waals surface area contributed by atoms with Gasteiger partial charge in [0.1, 0.15) is 0 Å². The molecule has 2 heterocycles. The maximum Gasteiger partial charge on any atom is 0.182 e. The average molecular weight is 294 g/mol. The highest BCUT2D eigenvalue weighted by atomic mass is 35.5. The van der Waals surface area contributed by atoms with Gasteiger partial charge in [-0.3, -0.25) is 0 Å². The Labute approximate surface area is 121 Å². The largest absolute Gasteiger partial charge is 0.398 e. The van der Waals surface area contributed by atoms with Gasteiger partial charge in [0.25, 0.3) is 0 Å². The van der Waals surface area contributed by atoms with Crippen LogP contribution in [-0.2, 0) is 11.3 Å². The molecule has 106 valence electrons. The molecular weight excluding hydrogens is 278 g/mol. The van der Waals surface area contributed by atoms with E-state index in [1.54, 1.807) is 16.8 Å². The Bertz CT molecular complexity index is 621. The normalized spacial score (nSPS) is 22.3. The molecule has 0 bridgehead atoms. The molecule has 0 radical (unpaired) electrons. The average Bonchev–Trinajstić information content (AvgIpc) is 3.03. The van der Waals surface area contributed by atoms with Crippen molar-refractivity contribution in [3.63, 3.8) is 0 Å². The first-order chi connectivity index (χ1) is 9.57. The molecular formula is C13H16ClN5O. The molecule has 1 atom stereocenters. The maximum absolute atomic E-state index is 5.94. The Morgan fingerprint density at radius 3 is 3.05 bits per heavy atom. The predicted molar refractivity (Wildman–Crippen MR) is 76.3 cm³/mol. The van der Waals surface area contributed by atoms with Gasteiger partial charge in [0.2, 0.25) is 0 Å². The smallest absolute Gasteiger partial charge is 0.182 e. The Balaban J connectivity index is 1.91. The zero-order chi connectivity index (χ0) is 14.2. The second-order valence-electron chi connectivity index (χ2n) is 5.30. The summed E-state index contributed by atoms with van der Waals surface area (Å²) in [5.74, 6) is 0.671. The molecule has 0 aliphatic carbocycles. The van der Waals surface area contributed by atoms with E-state index in [1.165, 1.54) is 0 Å². The highest BCUT2D eigenvalue weighted by Gasteiger charge is 2.31. The van der Waals surface area contributed by atoms with E-state index in [0.29, 0.717) is 23.1 Å². The Morgan fingerprint density at radius 1 is 1.50 bits per heavy atom. The number of nitrogens with two attached hydrogens (primary N) is 1. The Morgan fingerprint density at radius 2 is 2.35 bits per heavy atom. The van der Waals surface area contributed by atoms with Crippen molar-refractivity contribution in [3.8, 4) is 11.4 Å². The Kier molecular flexibility index (Phi) is 3.35. The van der Waals surface area contributed by atoms with Gasteiger partial charge in [-0.1, -0.05) is 11.6 Å². The molecule has 1 aliphatic heterocycles. The summed E-state index contributed by atoms with van der Waals surface area (Å²) in [7, 11) is 0. The lowest BCUT2D eigenvalue weighted by Gasteiger charge is -2.23. The van der Waals surface area contributed by atoms with Crippen molar-refractivity contribution in [1.29, 1.82) is 0 Å². The molecule has 0 amide bonds. The molecule has 2 aromatic rings. The van der Waals surface area contributed by atoms with E-state index in [9.17, 15) is 0 Å². The second-order valence-corrected chi connectivity index (χ2v) is 5.71. The lowest BCUT2D eigenvalue weighted by Crippen LogP contribution is -2.30. The maximum atomic E-state index is 5.94. The van der Waals surface area contributed by atoms with Gasteiger partial charge < -0.3 is 10.5 Å². The zero-order valence-corrected chi connectivity index (χ0v) is 12.0. The van der Waals surface area contributed by atoms with Crippen LogP contribution in [0.5, 0.6) is 0 Å². The number of hydrogen-bond acceptors (Lipinski definition) is 5. The third-order valence-electron chi connectivity index (χ3n) is 3.57. The molecule has 0 spiro atoms. The molecule has 0 saturated carbocycles. The van der Waals surface area contributed by atoms with Gasteiger partial charge in [-0.2, -0.15) is 0 Å². The van der Waals surface area contributed by atoms with E-state index in [0.717, 1.165) is 25.0 Å². The molecule has 1 aromatic carbocycles. The first-order valence-electron chi connectivity index (χ1n) is 6.53. The minimum Gasteiger partial charge on any atom is -0.398 e. The van der Waals surface area contributed by atoms with Crippen LogP contribution >= 0.6 is 11.6 Å². The third kappa shape index (κ3) is 2.48. The van der Waals surface area contributed by atoms with Crippen LogP contribution in [0.25, 0.3) is 11.4 Å². The first kappa shape index (κ1) is 13.3. The summed E-state index contributed by atoms with van der Waals surface area (Å²) >= 11 is 5.94. The van der Waals surface area contributed by atoms with Gasteiger partial charge in [0.05, 0.1) is 22.9 Å². The van der Waals surface area contributed by atoms with Crippen LogP contribution in [0.1, 0.15) is 19.8 Å². The van der Waals surface area contributed by atoms with E-state index in [4.69, 9.17) is 22.1 Å². The number of nitrogens with zero attached hydrogens (tertiary/aromatic N) is 4. The molecule has 3 rings (SSSR count). The minimum absolute atomic E-state index is 0.206. The van der Waals surface area contributed by atoms with Gasteiger partial charge in [-0.25, -0.2) is 4.68 Å². The van der Waals surface area contributed by atoms with Crippen LogP contribution in [-0.4, -0.2) is 32.4 Å². The summed E-state index contributed by atoms with van der Waals surface area (Å²) in [6.07, 6.45) is 2.08. The van der Waals surface area contributed by atoms with Gasteiger partial charge >= 0.3 is 0 Å². The SMILES string of the molecule is CC1(Cn2nnnc2-c2ccc(Cl)c(N)c2)CCCO1. The van der Waals surface area contributed by atoms with Crippen LogP contribution in [0.4, 0.5) is 5.69 Å². The van der Waals surface area contributed by atoms with Crippen molar-refractivity contribution in [2.24, 2.45) is 0 Å². The quantitative estimate of drug-likeness (QED) is 0.877. The summed E-state index contributed by atoms with van der Waals surface area (Å²) in [5, 5.41) is 12.4. The molecule has 1 unspecified atom stereocenters. The number of anilines is 1. The number of nitrogen functional groups attached to an aromatic ring is 1. The summed E-state index contributed by atoms with van der Waals surface area (Å²) < 4.78 is 7.54. The predicted octanol–water partition coefficient (Wildman–Crippen LogP) is 2.14. The Hall–Kier alpha value is -1.66. The molecule has 1 aromatic heterocycles. The number of aromatic nitrogens is 4. The number of ether oxygens (including phenoxy) is 1. The fourth-order valence-corrected chi connectivity index (χ4v) is 2.60. The summed E-state index contributed by atoms with van der Waals surface area (Å²) in [4.78, 5) is 0. The van der Waals surface area contributed by atoms with Gasteiger partial charge in [0, 0.05) is 12.2 Å². The molecule has 20 heavy (non-hydrogen) atoms. The van der Waals surface area contributed by atoms with Crippen molar-refractivity contribution >= 4 is 17.3 Å². The van der Waals surface area contributed by atoms with E-state index < -0.39 is 0 Å². The van der Waals surface area contributed by atoms with Crippen LogP contribution in [0.15, 0.2) is 18.2 Å². The third-order valence-corrected chi connectivity index (χ3v) is 3.92. The summed E-state index contributed by atoms with van der Waals surface area (Å²) in [5.41, 5.74) is 6.99. The van der Waals surface area contributed by atoms with E-state index in [1.807, 2.05) is 6.07 Å². The number of rotatable bonds is 3. The molecule has 6 nitrogen and oxygen atoms in total. The monoisotopic (exact) mass is 293 g/mol. The van der Waals surface area contributed by atoms with E-state index >= 15 is 0 Å². The highest BCUT2D eigenvalue weighted by Crippen LogP contribution is 2.29. The van der Waals surface area contributed by atoms with Gasteiger partial charge in [0.15, 0.2) is 5.82 Å². The molecule has 1 aliphatic rings. The van der Waals surface area contributed by atoms with Crippen LogP contribution in [0, 0.1) is 0 Å². The molecule has 7 heteroatoms. The topological polar surface area (TPSA) is 78.9 Å². The van der Waals surface area contributed by atoms with E-state index in [-0.39, 0.29) is 5.60 Å². The highest BCUT2D eigenvalue weighted by molar-refractivity contribution is 6.33. The van der Waals surface area contributed by atoms with Crippen molar-refractivity contribution in [1.82, 2.24) is 20.2 Å². The second kappa shape index (κ2) is 5.03. The zero-order valence-electron chi connectivity index (χ0n) is 11.2. The lowest BCUT2D eigenvalue weighted by molar-refractivity contribution is 0.00355.